The van der Waals surface area contributed by atoms with Crippen LogP contribution in [-0.2, 0) is 20.7 Å². The van der Waals surface area contributed by atoms with Crippen LogP contribution in [0.25, 0.3) is 10.9 Å². The van der Waals surface area contributed by atoms with E-state index in [4.69, 9.17) is 4.74 Å². The summed E-state index contributed by atoms with van der Waals surface area (Å²) in [6.45, 7) is 8.07. The summed E-state index contributed by atoms with van der Waals surface area (Å²) in [4.78, 5) is 32.8. The second kappa shape index (κ2) is 6.68. The van der Waals surface area contributed by atoms with E-state index in [9.17, 15) is 9.59 Å². The molecular formula is C21H27N3O3. The number of H-pyrrole nitrogens is 1. The summed E-state index contributed by atoms with van der Waals surface area (Å²) in [5.74, 6) is -0.0954. The quantitative estimate of drug-likeness (QED) is 0.880. The summed E-state index contributed by atoms with van der Waals surface area (Å²) in [6.07, 6.45) is 0.355. The minimum Gasteiger partial charge on any atom is -0.378 e. The van der Waals surface area contributed by atoms with Crippen LogP contribution in [0, 0.1) is 26.7 Å². The molecule has 27 heavy (non-hydrogen) atoms. The Bertz CT molecular complexity index is 917. The molecule has 4 rings (SSSR count). The Morgan fingerprint density at radius 1 is 1.19 bits per heavy atom. The van der Waals surface area contributed by atoms with Crippen molar-refractivity contribution in [3.05, 3.63) is 34.5 Å². The fraction of sp³-hybridized carbons (Fsp3) is 0.524. The van der Waals surface area contributed by atoms with Gasteiger partial charge in [0.1, 0.15) is 0 Å². The van der Waals surface area contributed by atoms with E-state index < -0.39 is 0 Å². The number of likely N-dealkylation sites (N-methyl/N-ethyl adjacent to an activating group) is 1. The first-order chi connectivity index (χ1) is 12.9. The third-order valence-corrected chi connectivity index (χ3v) is 6.12. The highest BCUT2D eigenvalue weighted by molar-refractivity contribution is 5.94. The molecule has 1 aromatic heterocycles. The molecule has 144 valence electrons. The van der Waals surface area contributed by atoms with Crippen LogP contribution in [0.5, 0.6) is 0 Å². The summed E-state index contributed by atoms with van der Waals surface area (Å²) >= 11 is 0. The van der Waals surface area contributed by atoms with Crippen LogP contribution in [-0.4, -0.2) is 66.0 Å². The first kappa shape index (κ1) is 18.0. The van der Waals surface area contributed by atoms with Crippen molar-refractivity contribution in [2.45, 2.75) is 33.2 Å². The summed E-state index contributed by atoms with van der Waals surface area (Å²) in [5.41, 5.74) is 5.60. The maximum absolute atomic E-state index is 13.2. The zero-order valence-corrected chi connectivity index (χ0v) is 16.5. The van der Waals surface area contributed by atoms with Gasteiger partial charge in [0.15, 0.2) is 0 Å². The fourth-order valence-corrected chi connectivity index (χ4v) is 4.40. The lowest BCUT2D eigenvalue weighted by molar-refractivity contribution is -0.134. The zero-order valence-electron chi connectivity index (χ0n) is 16.5. The number of hydrogen-bond donors (Lipinski definition) is 1. The molecule has 2 aliphatic heterocycles. The van der Waals surface area contributed by atoms with Crippen LogP contribution in [0.3, 0.4) is 0 Å². The van der Waals surface area contributed by atoms with Crippen LogP contribution in [0.1, 0.15) is 22.4 Å². The Labute approximate surface area is 159 Å². The second-order valence-corrected chi connectivity index (χ2v) is 7.99. The molecule has 6 heteroatoms. The maximum atomic E-state index is 13.2. The van der Waals surface area contributed by atoms with E-state index in [0.717, 1.165) is 22.2 Å². The highest BCUT2D eigenvalue weighted by atomic mass is 16.5. The van der Waals surface area contributed by atoms with Gasteiger partial charge in [0.2, 0.25) is 11.8 Å². The predicted molar refractivity (Wildman–Crippen MR) is 104 cm³/mol. The minimum absolute atomic E-state index is 0.0676. The normalized spacial score (nSPS) is 23.0. The number of nitrogens with zero attached hydrogens (tertiary/aromatic N) is 2. The van der Waals surface area contributed by atoms with Gasteiger partial charge in [0, 0.05) is 36.7 Å². The topological polar surface area (TPSA) is 65.6 Å². The molecule has 2 aromatic rings. The maximum Gasteiger partial charge on any atom is 0.229 e. The number of aryl methyl sites for hydroxylation is 3. The third-order valence-electron chi connectivity index (χ3n) is 6.12. The zero-order chi connectivity index (χ0) is 19.3. The Hall–Kier alpha value is -2.34. The average molecular weight is 369 g/mol. The number of aromatic amines is 1. The van der Waals surface area contributed by atoms with Crippen molar-refractivity contribution in [2.24, 2.45) is 5.92 Å². The van der Waals surface area contributed by atoms with Gasteiger partial charge in [-0.2, -0.15) is 0 Å². The van der Waals surface area contributed by atoms with E-state index in [1.807, 2.05) is 18.9 Å². The molecule has 2 amide bonds. The van der Waals surface area contributed by atoms with Gasteiger partial charge in [-0.15, -0.1) is 0 Å². The number of carbonyl (C=O) groups is 2. The molecule has 2 bridgehead atoms. The molecule has 1 N–H and O–H groups in total. The third kappa shape index (κ3) is 3.02. The number of benzene rings is 1. The summed E-state index contributed by atoms with van der Waals surface area (Å²) < 4.78 is 5.64. The molecule has 0 aliphatic carbocycles. The van der Waals surface area contributed by atoms with Gasteiger partial charge in [-0.25, -0.2) is 0 Å². The molecule has 2 fully saturated rings. The van der Waals surface area contributed by atoms with Crippen molar-refractivity contribution in [1.82, 2.24) is 14.8 Å². The second-order valence-electron chi connectivity index (χ2n) is 7.99. The van der Waals surface area contributed by atoms with Crippen LogP contribution in [0.2, 0.25) is 0 Å². The molecule has 0 unspecified atom stereocenters. The van der Waals surface area contributed by atoms with Gasteiger partial charge in [-0.1, -0.05) is 12.1 Å². The molecule has 6 nitrogen and oxygen atoms in total. The molecule has 3 heterocycles. The highest BCUT2D eigenvalue weighted by Crippen LogP contribution is 2.29. The number of carbonyl (C=O) groups excluding carboxylic acids is 2. The van der Waals surface area contributed by atoms with Crippen molar-refractivity contribution < 1.29 is 14.3 Å². The minimum atomic E-state index is -0.264. The monoisotopic (exact) mass is 369 g/mol. The number of amides is 2. The molecule has 2 aliphatic rings. The first-order valence-corrected chi connectivity index (χ1v) is 9.56. The lowest BCUT2D eigenvalue weighted by Crippen LogP contribution is -2.45. The Kier molecular flexibility index (Phi) is 4.46. The van der Waals surface area contributed by atoms with Crippen molar-refractivity contribution in [3.63, 3.8) is 0 Å². The first-order valence-electron chi connectivity index (χ1n) is 9.56. The Morgan fingerprint density at radius 2 is 1.93 bits per heavy atom. The van der Waals surface area contributed by atoms with Crippen molar-refractivity contribution in [1.29, 1.82) is 0 Å². The van der Waals surface area contributed by atoms with Crippen LogP contribution in [0.15, 0.2) is 12.1 Å². The van der Waals surface area contributed by atoms with Crippen molar-refractivity contribution in [2.75, 3.05) is 33.4 Å². The number of nitrogens with one attached hydrogen (secondary N) is 1. The smallest absolute Gasteiger partial charge is 0.229 e. The number of ether oxygens (including phenoxy) is 1. The number of fused-ring (bicyclic) bond motifs is 4. The predicted octanol–water partition coefficient (Wildman–Crippen LogP) is 1.95. The van der Waals surface area contributed by atoms with Crippen LogP contribution >= 0.6 is 0 Å². The van der Waals surface area contributed by atoms with Crippen molar-refractivity contribution in [3.8, 4) is 0 Å². The molecule has 0 spiro atoms. The van der Waals surface area contributed by atoms with Gasteiger partial charge < -0.3 is 19.5 Å². The standard InChI is InChI=1S/C21H27N3O3/c1-12-5-6-13(2)20-19(12)17(14(3)22-20)7-18(25)24-8-15-10-27-11-16(9-24)23(4)21(15)26/h5-6,15-16,22H,7-11H2,1-4H3/t15-,16+/m1/s1. The summed E-state index contributed by atoms with van der Waals surface area (Å²) in [7, 11) is 1.82. The van der Waals surface area contributed by atoms with E-state index in [1.165, 1.54) is 11.1 Å². The van der Waals surface area contributed by atoms with Gasteiger partial charge >= 0.3 is 0 Å². The molecule has 2 saturated heterocycles. The van der Waals surface area contributed by atoms with Crippen molar-refractivity contribution >= 4 is 22.7 Å². The van der Waals surface area contributed by atoms with E-state index in [2.05, 4.69) is 31.0 Å². The summed E-state index contributed by atoms with van der Waals surface area (Å²) in [6, 6.07) is 4.15. The number of rotatable bonds is 2. The molecule has 2 atom stereocenters. The van der Waals surface area contributed by atoms with Gasteiger partial charge in [-0.05, 0) is 37.5 Å². The largest absolute Gasteiger partial charge is 0.378 e. The molecule has 1 aromatic carbocycles. The lowest BCUT2D eigenvalue weighted by atomic mass is 10.0. The number of hydrogen-bond acceptors (Lipinski definition) is 3. The fourth-order valence-electron chi connectivity index (χ4n) is 4.40. The lowest BCUT2D eigenvalue weighted by Gasteiger charge is -2.29. The average Bonchev–Trinajstić information content (AvgIpc) is 2.82. The summed E-state index contributed by atoms with van der Waals surface area (Å²) in [5, 5.41) is 1.16. The van der Waals surface area contributed by atoms with Gasteiger partial charge in [-0.3, -0.25) is 9.59 Å². The highest BCUT2D eigenvalue weighted by Gasteiger charge is 2.38. The Morgan fingerprint density at radius 3 is 2.70 bits per heavy atom. The number of aromatic nitrogens is 1. The van der Waals surface area contributed by atoms with Gasteiger partial charge in [0.05, 0.1) is 31.6 Å². The molecule has 0 radical (unpaired) electrons. The van der Waals surface area contributed by atoms with Crippen LogP contribution in [0.4, 0.5) is 0 Å². The molecular weight excluding hydrogens is 342 g/mol. The van der Waals surface area contributed by atoms with E-state index in [-0.39, 0.29) is 23.8 Å². The van der Waals surface area contributed by atoms with E-state index in [0.29, 0.717) is 32.7 Å². The van der Waals surface area contributed by atoms with E-state index in [1.54, 1.807) is 4.90 Å². The SMILES string of the molecule is Cc1[nH]c2c(C)ccc(C)c2c1CC(=O)N1C[C@@H]2COC[C@H](C1)N(C)C2=O. The van der Waals surface area contributed by atoms with E-state index >= 15 is 0 Å². The Balaban J connectivity index is 1.63. The molecule has 0 saturated carbocycles. The van der Waals surface area contributed by atoms with Gasteiger partial charge in [0.25, 0.3) is 0 Å². The van der Waals surface area contributed by atoms with Crippen LogP contribution < -0.4 is 0 Å².